The van der Waals surface area contributed by atoms with Gasteiger partial charge in [-0.2, -0.15) is 0 Å². The lowest BCUT2D eigenvalue weighted by atomic mass is 10.0. The molecule has 2 aliphatic rings. The van der Waals surface area contributed by atoms with Crippen molar-refractivity contribution >= 4 is 60.2 Å². The van der Waals surface area contributed by atoms with E-state index < -0.39 is 0 Å². The van der Waals surface area contributed by atoms with Crippen molar-refractivity contribution in [3.8, 4) is 0 Å². The summed E-state index contributed by atoms with van der Waals surface area (Å²) in [5.41, 5.74) is 9.40. The van der Waals surface area contributed by atoms with Gasteiger partial charge in [0.1, 0.15) is 0 Å². The first kappa shape index (κ1) is 27.4. The summed E-state index contributed by atoms with van der Waals surface area (Å²) >= 11 is 0. The van der Waals surface area contributed by atoms with Crippen molar-refractivity contribution in [3.05, 3.63) is 54.1 Å². The van der Waals surface area contributed by atoms with E-state index in [0.717, 1.165) is 5.69 Å². The molecule has 2 fully saturated rings. The van der Waals surface area contributed by atoms with E-state index in [1.54, 1.807) is 12.1 Å². The molecule has 1 heterocycles. The number of nitrogen functional groups attached to an aromatic ring is 1. The Morgan fingerprint density at radius 3 is 2.23 bits per heavy atom. The number of rotatable bonds is 6. The molecule has 0 aromatic heterocycles. The Morgan fingerprint density at radius 1 is 1.03 bits per heavy atom. The SMILES string of the molecule is CC1(CN2CCC(Nc3ccc(C(=O)Nc4ccccc4N)cc3)CC2)CC1.Cl.Cl.Cl. The molecule has 5 nitrogen and oxygen atoms in total. The fourth-order valence-corrected chi connectivity index (χ4v) is 3.91. The molecule has 0 bridgehead atoms. The molecule has 4 rings (SSSR count). The molecule has 31 heavy (non-hydrogen) atoms. The quantitative estimate of drug-likeness (QED) is 0.473. The number of nitrogens with zero attached hydrogens (tertiary/aromatic N) is 1. The number of hydrogen-bond acceptors (Lipinski definition) is 4. The third-order valence-corrected chi connectivity index (χ3v) is 6.02. The summed E-state index contributed by atoms with van der Waals surface area (Å²) < 4.78 is 0. The molecule has 4 N–H and O–H groups in total. The Bertz CT molecular complexity index is 835. The molecule has 2 aromatic rings. The third-order valence-electron chi connectivity index (χ3n) is 6.02. The molecule has 0 radical (unpaired) electrons. The molecule has 8 heteroatoms. The van der Waals surface area contributed by atoms with Gasteiger partial charge in [-0.25, -0.2) is 0 Å². The molecule has 1 aliphatic carbocycles. The number of anilines is 3. The largest absolute Gasteiger partial charge is 0.397 e. The molecule has 0 spiro atoms. The molecule has 1 amide bonds. The predicted molar refractivity (Wildman–Crippen MR) is 137 cm³/mol. The lowest BCUT2D eigenvalue weighted by Crippen LogP contribution is -2.41. The number of benzene rings is 2. The molecule has 1 saturated carbocycles. The molecule has 0 unspecified atom stereocenters. The maximum absolute atomic E-state index is 12.4. The van der Waals surface area contributed by atoms with Gasteiger partial charge in [0.05, 0.1) is 11.4 Å². The van der Waals surface area contributed by atoms with Crippen LogP contribution in [-0.4, -0.2) is 36.5 Å². The Kier molecular flexibility index (Phi) is 10.4. The normalized spacial score (nSPS) is 17.3. The van der Waals surface area contributed by atoms with Gasteiger partial charge >= 0.3 is 0 Å². The van der Waals surface area contributed by atoms with Crippen LogP contribution < -0.4 is 16.4 Å². The first-order valence-corrected chi connectivity index (χ1v) is 10.3. The molecule has 1 saturated heterocycles. The summed E-state index contributed by atoms with van der Waals surface area (Å²) in [4.78, 5) is 15.0. The monoisotopic (exact) mass is 486 g/mol. The summed E-state index contributed by atoms with van der Waals surface area (Å²) in [6.45, 7) is 6.01. The van der Waals surface area contributed by atoms with Crippen LogP contribution in [0.4, 0.5) is 17.1 Å². The fraction of sp³-hybridized carbons (Fsp3) is 0.435. The van der Waals surface area contributed by atoms with Crippen LogP contribution in [0.25, 0.3) is 0 Å². The molecular weight excluding hydrogens is 455 g/mol. The molecular formula is C23H33Cl3N4O. The van der Waals surface area contributed by atoms with E-state index in [9.17, 15) is 4.79 Å². The molecule has 172 valence electrons. The number of nitrogens with one attached hydrogen (secondary N) is 2. The minimum atomic E-state index is -0.147. The van der Waals surface area contributed by atoms with Gasteiger partial charge in [0.15, 0.2) is 0 Å². The highest BCUT2D eigenvalue weighted by atomic mass is 35.5. The number of para-hydroxylation sites is 2. The van der Waals surface area contributed by atoms with Crippen LogP contribution in [0.2, 0.25) is 0 Å². The summed E-state index contributed by atoms with van der Waals surface area (Å²) in [7, 11) is 0. The van der Waals surface area contributed by atoms with E-state index in [1.807, 2.05) is 36.4 Å². The lowest BCUT2D eigenvalue weighted by Gasteiger charge is -2.34. The van der Waals surface area contributed by atoms with Crippen molar-refractivity contribution < 1.29 is 4.79 Å². The van der Waals surface area contributed by atoms with Gasteiger partial charge in [-0.1, -0.05) is 19.1 Å². The maximum atomic E-state index is 12.4. The van der Waals surface area contributed by atoms with Crippen LogP contribution in [0.15, 0.2) is 48.5 Å². The zero-order chi connectivity index (χ0) is 19.6. The lowest BCUT2D eigenvalue weighted by molar-refractivity contribution is 0.102. The first-order valence-electron chi connectivity index (χ1n) is 10.3. The summed E-state index contributed by atoms with van der Waals surface area (Å²) in [5, 5.41) is 6.49. The van der Waals surface area contributed by atoms with Gasteiger partial charge < -0.3 is 21.3 Å². The highest BCUT2D eigenvalue weighted by Gasteiger charge is 2.39. The van der Waals surface area contributed by atoms with Crippen molar-refractivity contribution in [2.45, 2.75) is 38.6 Å². The van der Waals surface area contributed by atoms with E-state index in [2.05, 4.69) is 22.5 Å². The predicted octanol–water partition coefficient (Wildman–Crippen LogP) is 5.46. The zero-order valence-electron chi connectivity index (χ0n) is 17.8. The summed E-state index contributed by atoms with van der Waals surface area (Å²) in [6.07, 6.45) is 5.13. The standard InChI is InChI=1S/C23H30N4O.3ClH/c1-23(12-13-23)16-27-14-10-19(11-15-27)25-18-8-6-17(7-9-18)22(28)26-21-5-3-2-4-20(21)24;;;/h2-9,19,25H,10-16,24H2,1H3,(H,26,28);3*1H. The smallest absolute Gasteiger partial charge is 0.255 e. The minimum absolute atomic E-state index is 0. The number of halogens is 3. The van der Waals surface area contributed by atoms with Crippen LogP contribution >= 0.6 is 37.2 Å². The van der Waals surface area contributed by atoms with E-state index in [-0.39, 0.29) is 43.1 Å². The van der Waals surface area contributed by atoms with E-state index in [4.69, 9.17) is 5.73 Å². The van der Waals surface area contributed by atoms with Gasteiger partial charge in [-0.3, -0.25) is 4.79 Å². The molecule has 2 aromatic carbocycles. The van der Waals surface area contributed by atoms with Crippen molar-refractivity contribution in [1.82, 2.24) is 4.90 Å². The highest BCUT2D eigenvalue weighted by molar-refractivity contribution is 6.05. The van der Waals surface area contributed by atoms with Crippen LogP contribution in [-0.2, 0) is 0 Å². The number of hydrogen-bond donors (Lipinski definition) is 3. The second-order valence-electron chi connectivity index (χ2n) is 8.62. The Morgan fingerprint density at radius 2 is 1.65 bits per heavy atom. The minimum Gasteiger partial charge on any atom is -0.397 e. The van der Waals surface area contributed by atoms with Gasteiger partial charge in [-0.15, -0.1) is 37.2 Å². The van der Waals surface area contributed by atoms with Gasteiger partial charge in [0.25, 0.3) is 5.91 Å². The number of nitrogens with two attached hydrogens (primary N) is 1. The average Bonchev–Trinajstić information content (AvgIpc) is 3.42. The molecule has 0 atom stereocenters. The summed E-state index contributed by atoms with van der Waals surface area (Å²) in [6, 6.07) is 15.5. The van der Waals surface area contributed by atoms with Gasteiger partial charge in [-0.05, 0) is 67.5 Å². The highest BCUT2D eigenvalue weighted by Crippen LogP contribution is 2.45. The van der Waals surface area contributed by atoms with E-state index in [1.165, 1.54) is 45.3 Å². The van der Waals surface area contributed by atoms with Crippen LogP contribution in [0.5, 0.6) is 0 Å². The van der Waals surface area contributed by atoms with Crippen LogP contribution in [0.3, 0.4) is 0 Å². The van der Waals surface area contributed by atoms with Crippen molar-refractivity contribution in [1.29, 1.82) is 0 Å². The maximum Gasteiger partial charge on any atom is 0.255 e. The van der Waals surface area contributed by atoms with E-state index in [0.29, 0.717) is 28.4 Å². The van der Waals surface area contributed by atoms with Crippen molar-refractivity contribution in [2.75, 3.05) is 36.0 Å². The third kappa shape index (κ3) is 7.46. The summed E-state index contributed by atoms with van der Waals surface area (Å²) in [5.74, 6) is -0.147. The number of carbonyl (C=O) groups is 1. The van der Waals surface area contributed by atoms with Crippen LogP contribution in [0, 0.1) is 5.41 Å². The number of likely N-dealkylation sites (tertiary alicyclic amines) is 1. The van der Waals surface area contributed by atoms with Gasteiger partial charge in [0.2, 0.25) is 0 Å². The second kappa shape index (κ2) is 11.8. The van der Waals surface area contributed by atoms with Crippen LogP contribution in [0.1, 0.15) is 43.0 Å². The number of amides is 1. The number of carbonyl (C=O) groups excluding carboxylic acids is 1. The Labute approximate surface area is 203 Å². The number of piperidine rings is 1. The topological polar surface area (TPSA) is 70.4 Å². The first-order chi connectivity index (χ1) is 13.5. The zero-order valence-corrected chi connectivity index (χ0v) is 20.3. The van der Waals surface area contributed by atoms with Crippen molar-refractivity contribution in [2.24, 2.45) is 5.41 Å². The average molecular weight is 488 g/mol. The fourth-order valence-electron chi connectivity index (χ4n) is 3.91. The van der Waals surface area contributed by atoms with E-state index >= 15 is 0 Å². The second-order valence-corrected chi connectivity index (χ2v) is 8.62. The Hall–Kier alpha value is -1.66. The molecule has 1 aliphatic heterocycles. The Balaban J connectivity index is 0.00000160. The van der Waals surface area contributed by atoms with Crippen molar-refractivity contribution in [3.63, 3.8) is 0 Å². The van der Waals surface area contributed by atoms with Gasteiger partial charge in [0, 0.05) is 36.9 Å².